The Hall–Kier alpha value is -4.52. The number of allylic oxidation sites excluding steroid dienone is 2. The number of anilines is 2. The lowest BCUT2D eigenvalue weighted by molar-refractivity contribution is 0.0990. The molecule has 0 saturated heterocycles. The molecular formula is C25H20N6O. The van der Waals surface area contributed by atoms with E-state index in [1.807, 2.05) is 48.5 Å². The van der Waals surface area contributed by atoms with Crippen LogP contribution in [0.2, 0.25) is 0 Å². The molecule has 0 aliphatic rings. The molecule has 0 bridgehead atoms. The number of nitrogens with zero attached hydrogens (tertiary/aromatic N) is 3. The zero-order valence-corrected chi connectivity index (χ0v) is 17.2. The number of carbonyl (C=O) groups excluding carboxylic acids is 1. The number of ketones is 1. The smallest absolute Gasteiger partial charge is 0.183 e. The van der Waals surface area contributed by atoms with Crippen molar-refractivity contribution in [1.29, 1.82) is 0 Å². The van der Waals surface area contributed by atoms with E-state index in [1.165, 1.54) is 0 Å². The maximum atomic E-state index is 12.4. The summed E-state index contributed by atoms with van der Waals surface area (Å²) >= 11 is 0. The number of Topliss-reactive ketones (excluding diaryl/α,β-unsaturated/α-hetero) is 1. The van der Waals surface area contributed by atoms with Crippen molar-refractivity contribution in [2.75, 3.05) is 5.32 Å². The van der Waals surface area contributed by atoms with Crippen LogP contribution in [0.15, 0.2) is 85.7 Å². The van der Waals surface area contributed by atoms with Crippen molar-refractivity contribution in [2.45, 2.75) is 6.42 Å². The first kappa shape index (κ1) is 19.4. The Kier molecular flexibility index (Phi) is 4.84. The third-order valence-corrected chi connectivity index (χ3v) is 5.23. The fourth-order valence-electron chi connectivity index (χ4n) is 3.53. The fraction of sp³-hybridized carbons (Fsp3) is 0.0400. The van der Waals surface area contributed by atoms with Crippen LogP contribution in [0, 0.1) is 0 Å². The van der Waals surface area contributed by atoms with Gasteiger partial charge in [-0.1, -0.05) is 31.4 Å². The first-order valence-electron chi connectivity index (χ1n) is 10.1. The number of benzene rings is 2. The number of carbonyl (C=O) groups is 1. The Morgan fingerprint density at radius 2 is 1.97 bits per heavy atom. The third-order valence-electron chi connectivity index (χ3n) is 5.23. The van der Waals surface area contributed by atoms with Gasteiger partial charge in [0.1, 0.15) is 5.82 Å². The monoisotopic (exact) mass is 420 g/mol. The summed E-state index contributed by atoms with van der Waals surface area (Å²) in [5, 5.41) is 12.3. The standard InChI is InChI=1S/C25H20N6O/c1-3-15(2)10-23(32)22-12-16-4-5-17(13-21(16)29-22)25-26-9-8-24(30-25)28-19-6-7-20-18(11-19)14-27-31-20/h3-9,11-14,29H,1-2,10H2,(H,27,31)(H,26,28,30). The van der Waals surface area contributed by atoms with Crippen LogP contribution < -0.4 is 5.32 Å². The van der Waals surface area contributed by atoms with E-state index in [-0.39, 0.29) is 12.2 Å². The molecule has 2 aromatic carbocycles. The summed E-state index contributed by atoms with van der Waals surface area (Å²) in [6.45, 7) is 7.47. The molecule has 3 N–H and O–H groups in total. The summed E-state index contributed by atoms with van der Waals surface area (Å²) in [7, 11) is 0. The number of hydrogen-bond acceptors (Lipinski definition) is 5. The van der Waals surface area contributed by atoms with Crippen molar-refractivity contribution in [3.8, 4) is 11.4 Å². The zero-order valence-electron chi connectivity index (χ0n) is 17.2. The molecule has 7 nitrogen and oxygen atoms in total. The van der Waals surface area contributed by atoms with Gasteiger partial charge in [0.2, 0.25) is 0 Å². The Labute approximate surface area is 183 Å². The number of nitrogens with one attached hydrogen (secondary N) is 3. The van der Waals surface area contributed by atoms with E-state index in [0.29, 0.717) is 22.9 Å². The maximum absolute atomic E-state index is 12.4. The van der Waals surface area contributed by atoms with E-state index in [4.69, 9.17) is 0 Å². The Morgan fingerprint density at radius 1 is 1.06 bits per heavy atom. The van der Waals surface area contributed by atoms with Gasteiger partial charge in [-0.2, -0.15) is 5.10 Å². The van der Waals surface area contributed by atoms with Crippen LogP contribution in [0.25, 0.3) is 33.2 Å². The lowest BCUT2D eigenvalue weighted by atomic mass is 10.1. The van der Waals surface area contributed by atoms with Gasteiger partial charge in [-0.15, -0.1) is 0 Å². The van der Waals surface area contributed by atoms with Crippen LogP contribution in [0.4, 0.5) is 11.5 Å². The topological polar surface area (TPSA) is 99.3 Å². The molecule has 0 radical (unpaired) electrons. The molecule has 0 unspecified atom stereocenters. The van der Waals surface area contributed by atoms with Crippen LogP contribution in [0.5, 0.6) is 0 Å². The minimum atomic E-state index is -0.0234. The summed E-state index contributed by atoms with van der Waals surface area (Å²) in [6.07, 6.45) is 5.34. The molecule has 32 heavy (non-hydrogen) atoms. The van der Waals surface area contributed by atoms with Gasteiger partial charge in [0, 0.05) is 40.2 Å². The van der Waals surface area contributed by atoms with Crippen molar-refractivity contribution in [3.05, 3.63) is 91.4 Å². The summed E-state index contributed by atoms with van der Waals surface area (Å²) in [5.41, 5.74) is 4.83. The molecule has 0 spiro atoms. The summed E-state index contributed by atoms with van der Waals surface area (Å²) in [5.74, 6) is 1.25. The van der Waals surface area contributed by atoms with E-state index in [1.54, 1.807) is 18.5 Å². The molecule has 5 rings (SSSR count). The molecule has 0 aliphatic carbocycles. The average Bonchev–Trinajstić information content (AvgIpc) is 3.45. The highest BCUT2D eigenvalue weighted by Gasteiger charge is 2.12. The molecule has 0 amide bonds. The second-order valence-corrected chi connectivity index (χ2v) is 7.51. The molecule has 3 aromatic heterocycles. The maximum Gasteiger partial charge on any atom is 0.183 e. The normalized spacial score (nSPS) is 11.0. The third kappa shape index (κ3) is 3.79. The van der Waals surface area contributed by atoms with Crippen molar-refractivity contribution in [1.82, 2.24) is 25.1 Å². The molecule has 0 saturated carbocycles. The summed E-state index contributed by atoms with van der Waals surface area (Å²) in [4.78, 5) is 24.7. The average molecular weight is 420 g/mol. The van der Waals surface area contributed by atoms with Gasteiger partial charge in [0.15, 0.2) is 11.6 Å². The molecule has 0 fully saturated rings. The second-order valence-electron chi connectivity index (χ2n) is 7.51. The van der Waals surface area contributed by atoms with Crippen LogP contribution >= 0.6 is 0 Å². The quantitative estimate of drug-likeness (QED) is 0.236. The molecule has 156 valence electrons. The first-order chi connectivity index (χ1) is 15.6. The predicted molar refractivity (Wildman–Crippen MR) is 127 cm³/mol. The highest BCUT2D eigenvalue weighted by molar-refractivity contribution is 6.01. The highest BCUT2D eigenvalue weighted by atomic mass is 16.1. The van der Waals surface area contributed by atoms with Gasteiger partial charge in [0.25, 0.3) is 0 Å². The van der Waals surface area contributed by atoms with E-state index in [9.17, 15) is 4.79 Å². The number of aromatic amines is 2. The van der Waals surface area contributed by atoms with E-state index in [2.05, 4.69) is 43.6 Å². The second kappa shape index (κ2) is 7.96. The van der Waals surface area contributed by atoms with Crippen LogP contribution in [-0.2, 0) is 0 Å². The molecule has 0 aliphatic heterocycles. The Bertz CT molecular complexity index is 1490. The largest absolute Gasteiger partial charge is 0.352 e. The molecular weight excluding hydrogens is 400 g/mol. The van der Waals surface area contributed by atoms with Gasteiger partial charge in [-0.3, -0.25) is 9.89 Å². The summed E-state index contributed by atoms with van der Waals surface area (Å²) in [6, 6.07) is 15.5. The molecule has 3 heterocycles. The number of hydrogen-bond donors (Lipinski definition) is 3. The first-order valence-corrected chi connectivity index (χ1v) is 10.1. The molecule has 5 aromatic rings. The number of aromatic nitrogens is 5. The van der Waals surface area contributed by atoms with Gasteiger partial charge in [0.05, 0.1) is 17.4 Å². The number of fused-ring (bicyclic) bond motifs is 2. The summed E-state index contributed by atoms with van der Waals surface area (Å²) < 4.78 is 0. The van der Waals surface area contributed by atoms with Crippen molar-refractivity contribution >= 4 is 39.1 Å². The minimum Gasteiger partial charge on any atom is -0.352 e. The molecule has 0 atom stereocenters. The van der Waals surface area contributed by atoms with Crippen molar-refractivity contribution in [2.24, 2.45) is 0 Å². The molecule has 7 heteroatoms. The zero-order chi connectivity index (χ0) is 22.1. The van der Waals surface area contributed by atoms with E-state index >= 15 is 0 Å². The van der Waals surface area contributed by atoms with Gasteiger partial charge >= 0.3 is 0 Å². The van der Waals surface area contributed by atoms with Crippen LogP contribution in [0.1, 0.15) is 16.9 Å². The van der Waals surface area contributed by atoms with Gasteiger partial charge < -0.3 is 10.3 Å². The Balaban J connectivity index is 1.41. The number of H-pyrrole nitrogens is 2. The van der Waals surface area contributed by atoms with Crippen LogP contribution in [0.3, 0.4) is 0 Å². The lowest BCUT2D eigenvalue weighted by Gasteiger charge is -2.07. The van der Waals surface area contributed by atoms with E-state index < -0.39 is 0 Å². The lowest BCUT2D eigenvalue weighted by Crippen LogP contribution is -1.99. The SMILES string of the molecule is C=CC(=C)CC(=O)c1cc2ccc(-c3nccc(Nc4ccc5[nH]ncc5c4)n3)cc2[nH]1. The van der Waals surface area contributed by atoms with Crippen molar-refractivity contribution in [3.63, 3.8) is 0 Å². The van der Waals surface area contributed by atoms with Crippen LogP contribution in [-0.4, -0.2) is 30.9 Å². The van der Waals surface area contributed by atoms with Gasteiger partial charge in [-0.05, 0) is 42.0 Å². The minimum absolute atomic E-state index is 0.0234. The van der Waals surface area contributed by atoms with Gasteiger partial charge in [-0.25, -0.2) is 9.97 Å². The number of rotatable bonds is 7. The predicted octanol–water partition coefficient (Wildman–Crippen LogP) is 5.56. The highest BCUT2D eigenvalue weighted by Crippen LogP contribution is 2.25. The van der Waals surface area contributed by atoms with Crippen molar-refractivity contribution < 1.29 is 4.79 Å². The fourth-order valence-corrected chi connectivity index (χ4v) is 3.53. The van der Waals surface area contributed by atoms with E-state index in [0.717, 1.165) is 33.1 Å². The Morgan fingerprint density at radius 3 is 2.84 bits per heavy atom.